The predicted molar refractivity (Wildman–Crippen MR) is 144 cm³/mol. The van der Waals surface area contributed by atoms with Crippen molar-refractivity contribution >= 4 is 17.9 Å². The first-order valence-electron chi connectivity index (χ1n) is 12.9. The van der Waals surface area contributed by atoms with Crippen LogP contribution in [0.5, 0.6) is 5.75 Å². The summed E-state index contributed by atoms with van der Waals surface area (Å²) in [5, 5.41) is 2.96. The highest BCUT2D eigenvalue weighted by atomic mass is 16.5. The van der Waals surface area contributed by atoms with Gasteiger partial charge in [-0.3, -0.25) is 14.6 Å². The van der Waals surface area contributed by atoms with Crippen molar-refractivity contribution < 1.29 is 23.9 Å². The van der Waals surface area contributed by atoms with Gasteiger partial charge in [-0.15, -0.1) is 0 Å². The smallest absolute Gasteiger partial charge is 0.338 e. The second-order valence-corrected chi connectivity index (χ2v) is 9.75. The van der Waals surface area contributed by atoms with Gasteiger partial charge in [0.2, 0.25) is 0 Å². The molecule has 1 fully saturated rings. The van der Waals surface area contributed by atoms with Gasteiger partial charge in [0.15, 0.2) is 0 Å². The number of carbonyl (C=O) groups is 3. The molecule has 9 nitrogen and oxygen atoms in total. The van der Waals surface area contributed by atoms with Gasteiger partial charge in [-0.25, -0.2) is 9.59 Å². The van der Waals surface area contributed by atoms with Crippen molar-refractivity contribution in [3.8, 4) is 5.75 Å². The monoisotopic (exact) mass is 520 g/mol. The first kappa shape index (κ1) is 27.2. The lowest BCUT2D eigenvalue weighted by Gasteiger charge is -2.42. The van der Waals surface area contributed by atoms with Crippen molar-refractivity contribution in [2.24, 2.45) is 0 Å². The number of amides is 3. The Morgan fingerprint density at radius 3 is 2.50 bits per heavy atom. The second-order valence-electron chi connectivity index (χ2n) is 9.75. The SMILES string of the molecule is CCOC(=O)C1=C(CN2CCN(C(=O)c3cccc(OC)c3)[C@H](C)C2)N(C)C(=O)N[C@H]1c1ccc(C)cc1. The van der Waals surface area contributed by atoms with E-state index in [-0.39, 0.29) is 24.6 Å². The number of aryl methyl sites for hydroxylation is 1. The van der Waals surface area contributed by atoms with Crippen LogP contribution in [-0.2, 0) is 9.53 Å². The molecule has 0 aromatic heterocycles. The van der Waals surface area contributed by atoms with Gasteiger partial charge in [0.25, 0.3) is 5.91 Å². The molecule has 0 aliphatic carbocycles. The van der Waals surface area contributed by atoms with Gasteiger partial charge in [0.05, 0.1) is 25.3 Å². The zero-order valence-corrected chi connectivity index (χ0v) is 22.7. The number of urea groups is 1. The van der Waals surface area contributed by atoms with Crippen LogP contribution in [0.1, 0.15) is 41.4 Å². The van der Waals surface area contributed by atoms with Crippen molar-refractivity contribution in [3.63, 3.8) is 0 Å². The Morgan fingerprint density at radius 1 is 1.11 bits per heavy atom. The number of benzene rings is 2. The van der Waals surface area contributed by atoms with Gasteiger partial charge in [-0.05, 0) is 44.5 Å². The van der Waals surface area contributed by atoms with Crippen LogP contribution >= 0.6 is 0 Å². The summed E-state index contributed by atoms with van der Waals surface area (Å²) in [6, 6.07) is 14.0. The summed E-state index contributed by atoms with van der Waals surface area (Å²) in [5.41, 5.74) is 3.53. The number of esters is 1. The average molecular weight is 521 g/mol. The fourth-order valence-corrected chi connectivity index (χ4v) is 5.02. The van der Waals surface area contributed by atoms with Crippen molar-refractivity contribution in [1.82, 2.24) is 20.0 Å². The van der Waals surface area contributed by atoms with Crippen LogP contribution in [0.25, 0.3) is 0 Å². The van der Waals surface area contributed by atoms with Crippen LogP contribution < -0.4 is 10.1 Å². The molecule has 9 heteroatoms. The molecule has 2 aliphatic rings. The highest BCUT2D eigenvalue weighted by Gasteiger charge is 2.38. The molecule has 0 radical (unpaired) electrons. The van der Waals surface area contributed by atoms with E-state index in [9.17, 15) is 14.4 Å². The summed E-state index contributed by atoms with van der Waals surface area (Å²) in [6.45, 7) is 8.11. The molecule has 1 saturated heterocycles. The Hall–Kier alpha value is -3.85. The van der Waals surface area contributed by atoms with Crippen LogP contribution in [-0.4, -0.2) is 85.6 Å². The maximum Gasteiger partial charge on any atom is 0.338 e. The van der Waals surface area contributed by atoms with Crippen molar-refractivity contribution in [3.05, 3.63) is 76.5 Å². The summed E-state index contributed by atoms with van der Waals surface area (Å²) in [4.78, 5) is 45.0. The Kier molecular flexibility index (Phi) is 8.36. The molecule has 0 spiro atoms. The second kappa shape index (κ2) is 11.7. The van der Waals surface area contributed by atoms with Crippen LogP contribution in [0.2, 0.25) is 0 Å². The molecule has 1 N–H and O–H groups in total. The number of likely N-dealkylation sites (N-methyl/N-ethyl adjacent to an activating group) is 1. The number of hydrogen-bond donors (Lipinski definition) is 1. The summed E-state index contributed by atoms with van der Waals surface area (Å²) in [5.74, 6) is 0.151. The highest BCUT2D eigenvalue weighted by molar-refractivity contribution is 5.96. The number of ether oxygens (including phenoxy) is 2. The van der Waals surface area contributed by atoms with Gasteiger partial charge in [0.1, 0.15) is 5.75 Å². The van der Waals surface area contributed by atoms with Crippen LogP contribution in [0, 0.1) is 6.92 Å². The Bertz CT molecular complexity index is 1230. The summed E-state index contributed by atoms with van der Waals surface area (Å²) in [7, 11) is 3.25. The van der Waals surface area contributed by atoms with Crippen LogP contribution in [0.3, 0.4) is 0 Å². The van der Waals surface area contributed by atoms with Crippen LogP contribution in [0.15, 0.2) is 59.8 Å². The average Bonchev–Trinajstić information content (AvgIpc) is 2.91. The number of carbonyl (C=O) groups excluding carboxylic acids is 3. The third kappa shape index (κ3) is 5.67. The minimum Gasteiger partial charge on any atom is -0.497 e. The fourth-order valence-electron chi connectivity index (χ4n) is 5.02. The minimum atomic E-state index is -0.610. The number of nitrogens with one attached hydrogen (secondary N) is 1. The van der Waals surface area contributed by atoms with E-state index in [1.54, 1.807) is 33.2 Å². The molecule has 2 heterocycles. The third-order valence-electron chi connectivity index (χ3n) is 7.15. The molecule has 202 valence electrons. The molecule has 0 saturated carbocycles. The maximum atomic E-state index is 13.2. The van der Waals surface area contributed by atoms with E-state index in [1.165, 1.54) is 4.90 Å². The number of hydrogen-bond acceptors (Lipinski definition) is 6. The molecule has 2 atom stereocenters. The van der Waals surface area contributed by atoms with Crippen molar-refractivity contribution in [2.45, 2.75) is 32.9 Å². The summed E-state index contributed by atoms with van der Waals surface area (Å²) < 4.78 is 10.7. The normalized spacial score (nSPS) is 20.3. The van der Waals surface area contributed by atoms with E-state index in [2.05, 4.69) is 10.2 Å². The van der Waals surface area contributed by atoms with E-state index < -0.39 is 12.0 Å². The van der Waals surface area contributed by atoms with Crippen molar-refractivity contribution in [1.29, 1.82) is 0 Å². The molecule has 0 unspecified atom stereocenters. The first-order chi connectivity index (χ1) is 18.2. The largest absolute Gasteiger partial charge is 0.497 e. The lowest BCUT2D eigenvalue weighted by atomic mass is 9.93. The lowest BCUT2D eigenvalue weighted by molar-refractivity contribution is -0.139. The quantitative estimate of drug-likeness (QED) is 0.563. The molecule has 2 aliphatic heterocycles. The number of rotatable bonds is 7. The Balaban J connectivity index is 1.58. The lowest BCUT2D eigenvalue weighted by Crippen LogP contribution is -2.56. The van der Waals surface area contributed by atoms with Gasteiger partial charge in [-0.1, -0.05) is 35.9 Å². The molecule has 2 aromatic rings. The van der Waals surface area contributed by atoms with E-state index in [1.807, 2.05) is 55.1 Å². The highest BCUT2D eigenvalue weighted by Crippen LogP contribution is 2.32. The fraction of sp³-hybridized carbons (Fsp3) is 0.414. The standard InChI is InChI=1S/C29H36N4O5/c1-6-38-28(35)25-24(31(4)29(36)30-26(25)21-12-10-19(2)11-13-21)18-32-14-15-33(20(3)17-32)27(34)22-8-7-9-23(16-22)37-5/h7-13,16,20,26H,6,14-15,17-18H2,1-5H3,(H,30,36)/t20-,26+/m1/s1. The molecule has 2 aromatic carbocycles. The first-order valence-corrected chi connectivity index (χ1v) is 12.9. The van der Waals surface area contributed by atoms with Gasteiger partial charge in [0, 0.05) is 50.5 Å². The Labute approximate surface area is 224 Å². The van der Waals surface area contributed by atoms with E-state index in [4.69, 9.17) is 9.47 Å². The number of methoxy groups -OCH3 is 1. The Morgan fingerprint density at radius 2 is 1.84 bits per heavy atom. The summed E-state index contributed by atoms with van der Waals surface area (Å²) in [6.07, 6.45) is 0. The molecule has 38 heavy (non-hydrogen) atoms. The van der Waals surface area contributed by atoms with E-state index in [0.29, 0.717) is 48.8 Å². The predicted octanol–water partition coefficient (Wildman–Crippen LogP) is 3.36. The zero-order valence-electron chi connectivity index (χ0n) is 22.7. The minimum absolute atomic E-state index is 0.0453. The molecular weight excluding hydrogens is 484 g/mol. The van der Waals surface area contributed by atoms with Crippen LogP contribution in [0.4, 0.5) is 4.79 Å². The van der Waals surface area contributed by atoms with E-state index >= 15 is 0 Å². The maximum absolute atomic E-state index is 13.2. The van der Waals surface area contributed by atoms with Gasteiger partial charge in [-0.2, -0.15) is 0 Å². The van der Waals surface area contributed by atoms with Gasteiger partial charge >= 0.3 is 12.0 Å². The topological polar surface area (TPSA) is 91.4 Å². The van der Waals surface area contributed by atoms with E-state index in [0.717, 1.165) is 11.1 Å². The molecule has 3 amide bonds. The summed E-state index contributed by atoms with van der Waals surface area (Å²) >= 11 is 0. The third-order valence-corrected chi connectivity index (χ3v) is 7.15. The van der Waals surface area contributed by atoms with Gasteiger partial charge < -0.3 is 19.7 Å². The number of piperazine rings is 1. The molecule has 4 rings (SSSR count). The van der Waals surface area contributed by atoms with Crippen molar-refractivity contribution in [2.75, 3.05) is 46.9 Å². The molecular formula is C29H36N4O5. The molecule has 0 bridgehead atoms. The zero-order chi connectivity index (χ0) is 27.4. The number of nitrogens with zero attached hydrogens (tertiary/aromatic N) is 3.